The summed E-state index contributed by atoms with van der Waals surface area (Å²) in [6, 6.07) is 0. The van der Waals surface area contributed by atoms with Crippen molar-refractivity contribution < 1.29 is 9.53 Å². The van der Waals surface area contributed by atoms with Crippen LogP contribution in [0, 0.1) is 0 Å². The van der Waals surface area contributed by atoms with E-state index in [1.807, 2.05) is 0 Å². The molecule has 1 aliphatic carbocycles. The summed E-state index contributed by atoms with van der Waals surface area (Å²) in [5.41, 5.74) is 0.575. The summed E-state index contributed by atoms with van der Waals surface area (Å²) in [7, 11) is 1.75. The van der Waals surface area contributed by atoms with Gasteiger partial charge in [0.25, 0.3) is 5.91 Å². The average Bonchev–Trinajstić information content (AvgIpc) is 2.67. The molecule has 2 heterocycles. The van der Waals surface area contributed by atoms with E-state index in [9.17, 15) is 4.79 Å². The number of morpholine rings is 1. The van der Waals surface area contributed by atoms with Crippen LogP contribution in [0.4, 0.5) is 5.95 Å². The maximum atomic E-state index is 12.5. The van der Waals surface area contributed by atoms with E-state index < -0.39 is 0 Å². The van der Waals surface area contributed by atoms with Crippen LogP contribution in [0.2, 0.25) is 0 Å². The zero-order valence-corrected chi connectivity index (χ0v) is 14.4. The van der Waals surface area contributed by atoms with Crippen molar-refractivity contribution in [3.05, 3.63) is 18.0 Å². The Bertz CT molecular complexity index is 536. The van der Waals surface area contributed by atoms with Crippen molar-refractivity contribution in [2.45, 2.75) is 37.6 Å². The highest BCUT2D eigenvalue weighted by molar-refractivity contribution is 5.93. The summed E-state index contributed by atoms with van der Waals surface area (Å²) >= 11 is 0. The number of ether oxygens (including phenoxy) is 1. The van der Waals surface area contributed by atoms with E-state index in [0.717, 1.165) is 39.1 Å². The molecule has 0 aromatic carbocycles. The van der Waals surface area contributed by atoms with Gasteiger partial charge in [0.05, 0.1) is 18.8 Å². The van der Waals surface area contributed by atoms with Crippen LogP contribution in [0.15, 0.2) is 12.4 Å². The molecule has 2 aliphatic rings. The topological polar surface area (TPSA) is 79.4 Å². The fourth-order valence-corrected chi connectivity index (χ4v) is 3.77. The Balaban J connectivity index is 1.64. The van der Waals surface area contributed by atoms with Crippen molar-refractivity contribution in [2.24, 2.45) is 0 Å². The lowest BCUT2D eigenvalue weighted by Crippen LogP contribution is -2.59. The summed E-state index contributed by atoms with van der Waals surface area (Å²) in [5.74, 6) is 0.416. The maximum absolute atomic E-state index is 12.5. The molecular formula is C17H27N5O2. The number of nitrogens with one attached hydrogen (secondary N) is 2. The minimum Gasteiger partial charge on any atom is -0.379 e. The van der Waals surface area contributed by atoms with Gasteiger partial charge in [-0.15, -0.1) is 0 Å². The number of anilines is 1. The number of aromatic nitrogens is 2. The van der Waals surface area contributed by atoms with E-state index in [1.165, 1.54) is 19.3 Å². The van der Waals surface area contributed by atoms with E-state index in [0.29, 0.717) is 18.1 Å². The normalized spacial score (nSPS) is 21.2. The molecule has 2 fully saturated rings. The van der Waals surface area contributed by atoms with E-state index in [4.69, 9.17) is 4.74 Å². The van der Waals surface area contributed by atoms with Crippen molar-refractivity contribution in [2.75, 3.05) is 45.2 Å². The predicted molar refractivity (Wildman–Crippen MR) is 92.1 cm³/mol. The molecule has 132 valence electrons. The van der Waals surface area contributed by atoms with Crippen molar-refractivity contribution in [1.29, 1.82) is 0 Å². The molecule has 2 N–H and O–H groups in total. The lowest BCUT2D eigenvalue weighted by molar-refractivity contribution is -0.0361. The number of hydrogen-bond donors (Lipinski definition) is 2. The molecule has 0 spiro atoms. The first-order chi connectivity index (χ1) is 11.7. The van der Waals surface area contributed by atoms with E-state index in [2.05, 4.69) is 25.5 Å². The third-order valence-electron chi connectivity index (χ3n) is 5.18. The van der Waals surface area contributed by atoms with Crippen LogP contribution < -0.4 is 10.6 Å². The zero-order chi connectivity index (χ0) is 16.8. The molecule has 0 bridgehead atoms. The molecule has 1 aliphatic heterocycles. The van der Waals surface area contributed by atoms with Gasteiger partial charge in [-0.2, -0.15) is 0 Å². The minimum atomic E-state index is -0.101. The highest BCUT2D eigenvalue weighted by Gasteiger charge is 2.38. The highest BCUT2D eigenvalue weighted by atomic mass is 16.5. The van der Waals surface area contributed by atoms with Gasteiger partial charge >= 0.3 is 0 Å². The van der Waals surface area contributed by atoms with Gasteiger partial charge in [0.15, 0.2) is 0 Å². The third kappa shape index (κ3) is 3.84. The van der Waals surface area contributed by atoms with E-state index >= 15 is 0 Å². The zero-order valence-electron chi connectivity index (χ0n) is 14.4. The molecule has 0 radical (unpaired) electrons. The second-order valence-corrected chi connectivity index (χ2v) is 6.61. The van der Waals surface area contributed by atoms with E-state index in [-0.39, 0.29) is 11.4 Å². The van der Waals surface area contributed by atoms with Crippen molar-refractivity contribution >= 4 is 11.9 Å². The van der Waals surface area contributed by atoms with Crippen molar-refractivity contribution in [3.8, 4) is 0 Å². The molecule has 3 rings (SSSR count). The lowest BCUT2D eigenvalue weighted by atomic mass is 9.79. The Morgan fingerprint density at radius 1 is 1.21 bits per heavy atom. The number of carbonyl (C=O) groups excluding carboxylic acids is 1. The summed E-state index contributed by atoms with van der Waals surface area (Å²) in [6.07, 6.45) is 9.16. The number of rotatable bonds is 5. The van der Waals surface area contributed by atoms with Gasteiger partial charge in [0, 0.05) is 44.6 Å². The quantitative estimate of drug-likeness (QED) is 0.845. The van der Waals surface area contributed by atoms with Gasteiger partial charge < -0.3 is 15.4 Å². The van der Waals surface area contributed by atoms with Crippen LogP contribution >= 0.6 is 0 Å². The molecule has 24 heavy (non-hydrogen) atoms. The molecule has 0 unspecified atom stereocenters. The average molecular weight is 333 g/mol. The summed E-state index contributed by atoms with van der Waals surface area (Å²) in [5, 5.41) is 5.98. The van der Waals surface area contributed by atoms with Gasteiger partial charge in [-0.1, -0.05) is 19.3 Å². The molecule has 1 aromatic heterocycles. The van der Waals surface area contributed by atoms with Gasteiger partial charge in [0.2, 0.25) is 5.95 Å². The second-order valence-electron chi connectivity index (χ2n) is 6.61. The van der Waals surface area contributed by atoms with Crippen LogP contribution in [-0.4, -0.2) is 66.2 Å². The van der Waals surface area contributed by atoms with Crippen LogP contribution in [0.3, 0.4) is 0 Å². The monoisotopic (exact) mass is 333 g/mol. The predicted octanol–water partition coefficient (Wildman–Crippen LogP) is 1.28. The van der Waals surface area contributed by atoms with Crippen LogP contribution in [0.25, 0.3) is 0 Å². The number of hydrogen-bond acceptors (Lipinski definition) is 6. The molecule has 1 amide bonds. The summed E-state index contributed by atoms with van der Waals surface area (Å²) in [4.78, 5) is 23.2. The molecular weight excluding hydrogens is 306 g/mol. The van der Waals surface area contributed by atoms with Crippen LogP contribution in [0.1, 0.15) is 42.5 Å². The lowest BCUT2D eigenvalue weighted by Gasteiger charge is -2.48. The van der Waals surface area contributed by atoms with Crippen LogP contribution in [0.5, 0.6) is 0 Å². The number of carbonyl (C=O) groups is 1. The smallest absolute Gasteiger partial charge is 0.254 e. The first-order valence-electron chi connectivity index (χ1n) is 8.84. The molecule has 1 saturated carbocycles. The number of amides is 1. The fourth-order valence-electron chi connectivity index (χ4n) is 3.77. The standard InChI is InChI=1S/C17H27N5O2/c1-18-16-19-11-14(12-20-16)15(23)21-13-17(5-3-2-4-6-17)22-7-9-24-10-8-22/h11-12H,2-10,13H2,1H3,(H,21,23)(H,18,19,20). The first-order valence-corrected chi connectivity index (χ1v) is 8.84. The number of nitrogens with zero attached hydrogens (tertiary/aromatic N) is 3. The fraction of sp³-hybridized carbons (Fsp3) is 0.706. The van der Waals surface area contributed by atoms with Gasteiger partial charge in [0.1, 0.15) is 0 Å². The Hall–Kier alpha value is -1.73. The minimum absolute atomic E-state index is 0.0729. The van der Waals surface area contributed by atoms with Gasteiger partial charge in [-0.3, -0.25) is 9.69 Å². The van der Waals surface area contributed by atoms with Gasteiger partial charge in [-0.25, -0.2) is 9.97 Å². The second kappa shape index (κ2) is 7.90. The Kier molecular flexibility index (Phi) is 5.63. The van der Waals surface area contributed by atoms with Crippen LogP contribution in [-0.2, 0) is 4.74 Å². The van der Waals surface area contributed by atoms with Crippen molar-refractivity contribution in [1.82, 2.24) is 20.2 Å². The molecule has 7 heteroatoms. The summed E-state index contributed by atoms with van der Waals surface area (Å²) < 4.78 is 5.50. The Morgan fingerprint density at radius 3 is 2.50 bits per heavy atom. The highest BCUT2D eigenvalue weighted by Crippen LogP contribution is 2.33. The Morgan fingerprint density at radius 2 is 1.88 bits per heavy atom. The Labute approximate surface area is 143 Å². The molecule has 1 aromatic rings. The maximum Gasteiger partial charge on any atom is 0.254 e. The summed E-state index contributed by atoms with van der Waals surface area (Å²) in [6.45, 7) is 4.16. The molecule has 7 nitrogen and oxygen atoms in total. The van der Waals surface area contributed by atoms with E-state index in [1.54, 1.807) is 19.4 Å². The first kappa shape index (κ1) is 17.1. The molecule has 1 saturated heterocycles. The van der Waals surface area contributed by atoms with Crippen molar-refractivity contribution in [3.63, 3.8) is 0 Å². The van der Waals surface area contributed by atoms with Gasteiger partial charge in [-0.05, 0) is 12.8 Å². The largest absolute Gasteiger partial charge is 0.379 e. The SMILES string of the molecule is CNc1ncc(C(=O)NCC2(N3CCOCC3)CCCCC2)cn1. The molecule has 0 atom stereocenters. The third-order valence-corrected chi connectivity index (χ3v) is 5.18.